The van der Waals surface area contributed by atoms with Crippen molar-refractivity contribution in [2.75, 3.05) is 6.54 Å². The zero-order valence-corrected chi connectivity index (χ0v) is 18.1. The highest BCUT2D eigenvalue weighted by molar-refractivity contribution is 7.10. The highest BCUT2D eigenvalue weighted by Gasteiger charge is 2.33. The van der Waals surface area contributed by atoms with Crippen molar-refractivity contribution in [3.05, 3.63) is 71.4 Å². The minimum Gasteiger partial charge on any atom is -0.329 e. The summed E-state index contributed by atoms with van der Waals surface area (Å²) in [5.41, 5.74) is 0.823. The van der Waals surface area contributed by atoms with Gasteiger partial charge in [0.1, 0.15) is 6.54 Å². The molecule has 5 rings (SSSR count). The number of thiophene rings is 2. The highest BCUT2D eigenvalue weighted by atomic mass is 32.1. The van der Waals surface area contributed by atoms with Gasteiger partial charge in [-0.1, -0.05) is 6.07 Å². The van der Waals surface area contributed by atoms with E-state index in [0.717, 1.165) is 15.9 Å². The minimum absolute atomic E-state index is 0.00864. The van der Waals surface area contributed by atoms with E-state index in [4.69, 9.17) is 0 Å². The Balaban J connectivity index is 1.54. The van der Waals surface area contributed by atoms with Crippen LogP contribution in [0.5, 0.6) is 0 Å². The van der Waals surface area contributed by atoms with Crippen LogP contribution in [-0.2, 0) is 31.9 Å². The van der Waals surface area contributed by atoms with Gasteiger partial charge < -0.3 is 9.47 Å². The second kappa shape index (κ2) is 7.06. The molecule has 1 amide bonds. The van der Waals surface area contributed by atoms with Gasteiger partial charge in [-0.3, -0.25) is 18.7 Å². The maximum atomic E-state index is 13.4. The zero-order valence-electron chi connectivity index (χ0n) is 16.4. The molecule has 0 aromatic carbocycles. The average molecular weight is 442 g/mol. The van der Waals surface area contributed by atoms with Crippen LogP contribution in [0.1, 0.15) is 21.4 Å². The first-order chi connectivity index (χ1) is 14.5. The van der Waals surface area contributed by atoms with Crippen LogP contribution in [0.2, 0.25) is 0 Å². The van der Waals surface area contributed by atoms with Gasteiger partial charge >= 0.3 is 5.69 Å². The summed E-state index contributed by atoms with van der Waals surface area (Å²) in [6, 6.07) is 6.04. The Labute approximate surface area is 179 Å². The van der Waals surface area contributed by atoms with Gasteiger partial charge in [0.05, 0.1) is 12.4 Å². The van der Waals surface area contributed by atoms with Crippen LogP contribution < -0.4 is 11.2 Å². The Kier molecular flexibility index (Phi) is 4.48. The summed E-state index contributed by atoms with van der Waals surface area (Å²) in [6.07, 6.45) is 2.28. The summed E-state index contributed by atoms with van der Waals surface area (Å²) >= 11 is 3.37. The number of hydrogen-bond acceptors (Lipinski definition) is 6. The number of carbonyl (C=O) groups is 1. The van der Waals surface area contributed by atoms with E-state index in [-0.39, 0.29) is 29.7 Å². The van der Waals surface area contributed by atoms with Crippen molar-refractivity contribution >= 4 is 39.7 Å². The third-order valence-corrected chi connectivity index (χ3v) is 7.54. The van der Waals surface area contributed by atoms with E-state index in [1.165, 1.54) is 28.4 Å². The van der Waals surface area contributed by atoms with Gasteiger partial charge in [-0.25, -0.2) is 9.78 Å². The Morgan fingerprint density at radius 1 is 1.17 bits per heavy atom. The van der Waals surface area contributed by atoms with Gasteiger partial charge in [-0.2, -0.15) is 0 Å². The number of hydrogen-bond donors (Lipinski definition) is 0. The fraction of sp³-hybridized carbons (Fsp3) is 0.300. The van der Waals surface area contributed by atoms with Crippen molar-refractivity contribution < 1.29 is 4.79 Å². The molecule has 0 N–H and O–H groups in total. The molecule has 0 fully saturated rings. The topological polar surface area (TPSA) is 82.1 Å². The molecular weight excluding hydrogens is 422 g/mol. The van der Waals surface area contributed by atoms with Crippen molar-refractivity contribution in [3.63, 3.8) is 0 Å². The van der Waals surface area contributed by atoms with Crippen molar-refractivity contribution in [1.82, 2.24) is 23.6 Å². The fourth-order valence-corrected chi connectivity index (χ4v) is 5.85. The van der Waals surface area contributed by atoms with Gasteiger partial charge in [0, 0.05) is 30.4 Å². The van der Waals surface area contributed by atoms with E-state index in [1.807, 2.05) is 16.3 Å². The molecule has 30 heavy (non-hydrogen) atoms. The van der Waals surface area contributed by atoms with Crippen LogP contribution in [0.15, 0.2) is 44.9 Å². The smallest absolute Gasteiger partial charge is 0.329 e. The van der Waals surface area contributed by atoms with E-state index in [0.29, 0.717) is 6.54 Å². The van der Waals surface area contributed by atoms with Crippen LogP contribution in [-0.4, -0.2) is 36.0 Å². The summed E-state index contributed by atoms with van der Waals surface area (Å²) in [5.74, 6) is -0.0829. The predicted octanol–water partition coefficient (Wildman–Crippen LogP) is 1.73. The monoisotopic (exact) mass is 441 g/mol. The summed E-state index contributed by atoms with van der Waals surface area (Å²) in [7, 11) is 3.00. The number of imidazole rings is 1. The number of carbonyl (C=O) groups excluding carboxylic acids is 1. The van der Waals surface area contributed by atoms with Crippen LogP contribution in [0.25, 0.3) is 11.2 Å². The molecule has 154 valence electrons. The molecule has 0 unspecified atom stereocenters. The van der Waals surface area contributed by atoms with Gasteiger partial charge in [0.25, 0.3) is 5.56 Å². The Hall–Kier alpha value is -2.98. The molecule has 5 heterocycles. The highest BCUT2D eigenvalue weighted by Crippen LogP contribution is 2.39. The summed E-state index contributed by atoms with van der Waals surface area (Å²) in [6.45, 7) is 0.614. The third-order valence-electron chi connectivity index (χ3n) is 5.62. The van der Waals surface area contributed by atoms with Crippen molar-refractivity contribution in [2.24, 2.45) is 14.1 Å². The van der Waals surface area contributed by atoms with E-state index < -0.39 is 11.2 Å². The lowest BCUT2D eigenvalue weighted by Gasteiger charge is -2.35. The Morgan fingerprint density at radius 3 is 2.77 bits per heavy atom. The maximum absolute atomic E-state index is 13.4. The standard InChI is InChI=1S/C20H19N5O3S2/c1-22-18-17(19(27)23(2)20(22)28)24(11-21-18)10-15(26)25-7-5-13-12(6-9-30-13)16(25)14-4-3-8-29-14/h3-4,6,8-9,11,16H,5,7,10H2,1-2H3/t16-/m1/s1. The third kappa shape index (κ3) is 2.78. The molecule has 10 heteroatoms. The maximum Gasteiger partial charge on any atom is 0.332 e. The summed E-state index contributed by atoms with van der Waals surface area (Å²) in [5, 5.41) is 4.10. The molecule has 0 bridgehead atoms. The lowest BCUT2D eigenvalue weighted by Crippen LogP contribution is -2.42. The Bertz CT molecular complexity index is 1380. The Morgan fingerprint density at radius 2 is 2.00 bits per heavy atom. The van der Waals surface area contributed by atoms with Gasteiger partial charge in [-0.15, -0.1) is 22.7 Å². The zero-order chi connectivity index (χ0) is 21.0. The molecule has 1 aliphatic heterocycles. The van der Waals surface area contributed by atoms with Crippen LogP contribution in [0, 0.1) is 0 Å². The number of aromatic nitrogens is 4. The second-order valence-electron chi connectivity index (χ2n) is 7.30. The molecule has 8 nitrogen and oxygen atoms in total. The van der Waals surface area contributed by atoms with E-state index in [9.17, 15) is 14.4 Å². The first-order valence-corrected chi connectivity index (χ1v) is 11.2. The van der Waals surface area contributed by atoms with Gasteiger partial charge in [-0.05, 0) is 34.9 Å². The molecule has 0 saturated carbocycles. The van der Waals surface area contributed by atoms with E-state index in [2.05, 4.69) is 22.5 Å². The average Bonchev–Trinajstić information content (AvgIpc) is 3.50. The predicted molar refractivity (Wildman–Crippen MR) is 116 cm³/mol. The SMILES string of the molecule is Cn1c(=O)c2c(ncn2CC(=O)N2CCc3sccc3[C@@H]2c2cccs2)n(C)c1=O. The number of amides is 1. The quantitative estimate of drug-likeness (QED) is 0.485. The van der Waals surface area contributed by atoms with Crippen LogP contribution in [0.3, 0.4) is 0 Å². The van der Waals surface area contributed by atoms with Gasteiger partial charge in [0.15, 0.2) is 11.2 Å². The number of aryl methyl sites for hydroxylation is 1. The fourth-order valence-electron chi connectivity index (χ4n) is 4.09. The largest absolute Gasteiger partial charge is 0.332 e. The van der Waals surface area contributed by atoms with Crippen molar-refractivity contribution in [1.29, 1.82) is 0 Å². The van der Waals surface area contributed by atoms with E-state index >= 15 is 0 Å². The lowest BCUT2D eigenvalue weighted by atomic mass is 9.98. The molecule has 0 spiro atoms. The first kappa shape index (κ1) is 19.0. The summed E-state index contributed by atoms with van der Waals surface area (Å²) in [4.78, 5) is 46.8. The molecule has 1 aliphatic rings. The van der Waals surface area contributed by atoms with Crippen LogP contribution >= 0.6 is 22.7 Å². The minimum atomic E-state index is -0.452. The van der Waals surface area contributed by atoms with Crippen molar-refractivity contribution in [3.8, 4) is 0 Å². The summed E-state index contributed by atoms with van der Waals surface area (Å²) < 4.78 is 3.91. The number of fused-ring (bicyclic) bond motifs is 2. The van der Waals surface area contributed by atoms with Crippen LogP contribution in [0.4, 0.5) is 0 Å². The molecule has 1 atom stereocenters. The first-order valence-electron chi connectivity index (χ1n) is 9.47. The number of nitrogens with zero attached hydrogens (tertiary/aromatic N) is 5. The normalized spacial score (nSPS) is 16.2. The second-order valence-corrected chi connectivity index (χ2v) is 9.28. The number of rotatable bonds is 3. The molecular formula is C20H19N5O3S2. The molecule has 0 radical (unpaired) electrons. The molecule has 4 aromatic rings. The van der Waals surface area contributed by atoms with Crippen molar-refractivity contribution in [2.45, 2.75) is 19.0 Å². The molecule has 4 aromatic heterocycles. The molecule has 0 saturated heterocycles. The molecule has 0 aliphatic carbocycles. The van der Waals surface area contributed by atoms with E-state index in [1.54, 1.807) is 34.3 Å². The van der Waals surface area contributed by atoms with Gasteiger partial charge in [0.2, 0.25) is 5.91 Å². The lowest BCUT2D eigenvalue weighted by molar-refractivity contribution is -0.133.